The van der Waals surface area contributed by atoms with Crippen LogP contribution in [-0.2, 0) is 6.54 Å². The summed E-state index contributed by atoms with van der Waals surface area (Å²) in [5, 5.41) is 7.79. The van der Waals surface area contributed by atoms with Crippen molar-refractivity contribution in [3.8, 4) is 5.69 Å². The van der Waals surface area contributed by atoms with Gasteiger partial charge in [0.25, 0.3) is 0 Å². The van der Waals surface area contributed by atoms with E-state index in [1.807, 2.05) is 25.1 Å². The molecule has 0 fully saturated rings. The highest BCUT2D eigenvalue weighted by Gasteiger charge is 2.08. The van der Waals surface area contributed by atoms with Crippen LogP contribution in [0.2, 0.25) is 0 Å². The normalized spacial score (nSPS) is 10.7. The standard InChI is InChI=1S/C16H17N3S/c1-12-10-20-11-14(12)8-17-16-18-13(2)9-19(16)15-6-4-3-5-7-15/h3-7,9-11H,8H2,1-2H3,(H,17,18). The average molecular weight is 283 g/mol. The molecule has 0 saturated heterocycles. The third-order valence-corrected chi connectivity index (χ3v) is 4.17. The third-order valence-electron chi connectivity index (χ3n) is 3.26. The summed E-state index contributed by atoms with van der Waals surface area (Å²) < 4.78 is 2.09. The Morgan fingerprint density at radius 2 is 1.95 bits per heavy atom. The van der Waals surface area contributed by atoms with Crippen molar-refractivity contribution in [1.29, 1.82) is 0 Å². The molecule has 1 aromatic carbocycles. The molecule has 0 radical (unpaired) electrons. The minimum Gasteiger partial charge on any atom is -0.351 e. The maximum absolute atomic E-state index is 4.57. The number of imidazole rings is 1. The first-order valence-corrected chi connectivity index (χ1v) is 7.55. The molecule has 0 aliphatic rings. The van der Waals surface area contributed by atoms with Gasteiger partial charge in [0, 0.05) is 18.4 Å². The number of rotatable bonds is 4. The topological polar surface area (TPSA) is 29.9 Å². The van der Waals surface area contributed by atoms with Crippen LogP contribution in [0.1, 0.15) is 16.8 Å². The minimum atomic E-state index is 0.804. The van der Waals surface area contributed by atoms with Crippen molar-refractivity contribution in [2.45, 2.75) is 20.4 Å². The molecule has 0 amide bonds. The summed E-state index contributed by atoms with van der Waals surface area (Å²) >= 11 is 1.74. The fraction of sp³-hybridized carbons (Fsp3) is 0.188. The molecular weight excluding hydrogens is 266 g/mol. The molecule has 0 unspecified atom stereocenters. The first kappa shape index (κ1) is 12.9. The number of nitrogens with one attached hydrogen (secondary N) is 1. The predicted octanol–water partition coefficient (Wildman–Crippen LogP) is 4.16. The second-order valence-electron chi connectivity index (χ2n) is 4.85. The van der Waals surface area contributed by atoms with Crippen LogP contribution in [0.4, 0.5) is 5.95 Å². The number of nitrogens with zero attached hydrogens (tertiary/aromatic N) is 2. The van der Waals surface area contributed by atoms with E-state index in [4.69, 9.17) is 0 Å². The molecule has 0 aliphatic heterocycles. The van der Waals surface area contributed by atoms with Gasteiger partial charge in [-0.05, 0) is 47.9 Å². The third kappa shape index (κ3) is 2.60. The Morgan fingerprint density at radius 1 is 1.15 bits per heavy atom. The Labute approximate surface area is 122 Å². The molecule has 2 heterocycles. The van der Waals surface area contributed by atoms with E-state index in [1.54, 1.807) is 11.3 Å². The predicted molar refractivity (Wildman–Crippen MR) is 84.7 cm³/mol. The van der Waals surface area contributed by atoms with Crippen molar-refractivity contribution in [1.82, 2.24) is 9.55 Å². The summed E-state index contributed by atoms with van der Waals surface area (Å²) in [7, 11) is 0. The van der Waals surface area contributed by atoms with Gasteiger partial charge in [-0.3, -0.25) is 4.57 Å². The minimum absolute atomic E-state index is 0.804. The largest absolute Gasteiger partial charge is 0.351 e. The van der Waals surface area contributed by atoms with Crippen molar-refractivity contribution in [3.05, 3.63) is 64.1 Å². The van der Waals surface area contributed by atoms with Crippen LogP contribution in [0.3, 0.4) is 0 Å². The summed E-state index contributed by atoms with van der Waals surface area (Å²) in [5.74, 6) is 0.888. The van der Waals surface area contributed by atoms with E-state index >= 15 is 0 Å². The second-order valence-corrected chi connectivity index (χ2v) is 5.59. The summed E-state index contributed by atoms with van der Waals surface area (Å²) in [6.45, 7) is 4.96. The van der Waals surface area contributed by atoms with Crippen molar-refractivity contribution in [3.63, 3.8) is 0 Å². The van der Waals surface area contributed by atoms with E-state index in [0.717, 1.165) is 23.9 Å². The number of benzene rings is 1. The van der Waals surface area contributed by atoms with E-state index < -0.39 is 0 Å². The highest BCUT2D eigenvalue weighted by atomic mass is 32.1. The summed E-state index contributed by atoms with van der Waals surface area (Å²) in [4.78, 5) is 4.57. The van der Waals surface area contributed by atoms with Crippen molar-refractivity contribution in [2.75, 3.05) is 5.32 Å². The Morgan fingerprint density at radius 3 is 2.65 bits per heavy atom. The molecular formula is C16H17N3S. The Kier molecular flexibility index (Phi) is 3.56. The number of para-hydroxylation sites is 1. The number of aromatic nitrogens is 2. The molecule has 2 aromatic heterocycles. The summed E-state index contributed by atoms with van der Waals surface area (Å²) in [6, 6.07) is 10.3. The highest BCUT2D eigenvalue weighted by molar-refractivity contribution is 7.08. The molecule has 3 aromatic rings. The molecule has 0 aliphatic carbocycles. The molecule has 102 valence electrons. The lowest BCUT2D eigenvalue weighted by molar-refractivity contribution is 1.00. The smallest absolute Gasteiger partial charge is 0.208 e. The number of hydrogen-bond acceptors (Lipinski definition) is 3. The molecule has 4 heteroatoms. The van der Waals surface area contributed by atoms with Gasteiger partial charge in [0.2, 0.25) is 5.95 Å². The van der Waals surface area contributed by atoms with Crippen molar-refractivity contribution in [2.24, 2.45) is 0 Å². The van der Waals surface area contributed by atoms with E-state index in [-0.39, 0.29) is 0 Å². The molecule has 0 atom stereocenters. The fourth-order valence-electron chi connectivity index (χ4n) is 2.15. The maximum Gasteiger partial charge on any atom is 0.208 e. The van der Waals surface area contributed by atoms with Gasteiger partial charge in [-0.15, -0.1) is 0 Å². The van der Waals surface area contributed by atoms with Crippen LogP contribution in [-0.4, -0.2) is 9.55 Å². The Balaban J connectivity index is 1.85. The van der Waals surface area contributed by atoms with E-state index in [0.29, 0.717) is 0 Å². The van der Waals surface area contributed by atoms with Gasteiger partial charge in [0.15, 0.2) is 0 Å². The van der Waals surface area contributed by atoms with Crippen LogP contribution >= 0.6 is 11.3 Å². The van der Waals surface area contributed by atoms with Gasteiger partial charge in [-0.1, -0.05) is 18.2 Å². The number of thiophene rings is 1. The van der Waals surface area contributed by atoms with Crippen molar-refractivity contribution >= 4 is 17.3 Å². The lowest BCUT2D eigenvalue weighted by Gasteiger charge is -2.09. The molecule has 0 bridgehead atoms. The number of aryl methyl sites for hydroxylation is 2. The number of hydrogen-bond donors (Lipinski definition) is 1. The molecule has 1 N–H and O–H groups in total. The fourth-order valence-corrected chi connectivity index (χ4v) is 3.01. The quantitative estimate of drug-likeness (QED) is 0.779. The van der Waals surface area contributed by atoms with Gasteiger partial charge >= 0.3 is 0 Å². The Bertz CT molecular complexity index is 698. The highest BCUT2D eigenvalue weighted by Crippen LogP contribution is 2.19. The summed E-state index contributed by atoms with van der Waals surface area (Å²) in [5.41, 5.74) is 4.79. The Hall–Kier alpha value is -2.07. The zero-order chi connectivity index (χ0) is 13.9. The first-order valence-electron chi connectivity index (χ1n) is 6.61. The molecule has 3 rings (SSSR count). The van der Waals surface area contributed by atoms with E-state index in [9.17, 15) is 0 Å². The molecule has 0 spiro atoms. The van der Waals surface area contributed by atoms with Crippen LogP contribution in [0.5, 0.6) is 0 Å². The van der Waals surface area contributed by atoms with Gasteiger partial charge in [-0.25, -0.2) is 4.98 Å². The summed E-state index contributed by atoms with van der Waals surface area (Å²) in [6.07, 6.45) is 2.05. The average Bonchev–Trinajstić information content (AvgIpc) is 3.03. The number of anilines is 1. The first-order chi connectivity index (χ1) is 9.74. The van der Waals surface area contributed by atoms with Gasteiger partial charge in [0.1, 0.15) is 0 Å². The van der Waals surface area contributed by atoms with Crippen molar-refractivity contribution < 1.29 is 0 Å². The second kappa shape index (κ2) is 5.51. The van der Waals surface area contributed by atoms with Crippen LogP contribution in [0.25, 0.3) is 5.69 Å². The lowest BCUT2D eigenvalue weighted by Crippen LogP contribution is -2.06. The SMILES string of the molecule is Cc1cn(-c2ccccc2)c(NCc2cscc2C)n1. The maximum atomic E-state index is 4.57. The molecule has 0 saturated carbocycles. The van der Waals surface area contributed by atoms with Gasteiger partial charge in [-0.2, -0.15) is 11.3 Å². The van der Waals surface area contributed by atoms with E-state index in [2.05, 4.69) is 50.9 Å². The van der Waals surface area contributed by atoms with Crippen LogP contribution in [0.15, 0.2) is 47.3 Å². The monoisotopic (exact) mass is 283 g/mol. The van der Waals surface area contributed by atoms with Crippen LogP contribution in [0, 0.1) is 13.8 Å². The zero-order valence-corrected chi connectivity index (χ0v) is 12.4. The lowest BCUT2D eigenvalue weighted by atomic mass is 10.2. The van der Waals surface area contributed by atoms with Crippen LogP contribution < -0.4 is 5.32 Å². The molecule has 20 heavy (non-hydrogen) atoms. The molecule has 3 nitrogen and oxygen atoms in total. The van der Waals surface area contributed by atoms with E-state index in [1.165, 1.54) is 11.1 Å². The van der Waals surface area contributed by atoms with Gasteiger partial charge < -0.3 is 5.32 Å². The zero-order valence-electron chi connectivity index (χ0n) is 11.6. The van der Waals surface area contributed by atoms with Gasteiger partial charge in [0.05, 0.1) is 5.69 Å².